The lowest BCUT2D eigenvalue weighted by Gasteiger charge is -2.11. The number of primary amides is 1. The molecular formula is C15H16N2O3. The number of nitrogens with two attached hydrogens (primary N) is 1. The van der Waals surface area contributed by atoms with Crippen molar-refractivity contribution in [2.24, 2.45) is 5.73 Å². The molecule has 0 aliphatic heterocycles. The fourth-order valence-corrected chi connectivity index (χ4v) is 1.48. The minimum absolute atomic E-state index is 0.118. The van der Waals surface area contributed by atoms with E-state index in [0.717, 1.165) is 0 Å². The van der Waals surface area contributed by atoms with Gasteiger partial charge in [0.25, 0.3) is 5.91 Å². The highest BCUT2D eigenvalue weighted by Gasteiger charge is 2.08. The number of rotatable bonds is 7. The van der Waals surface area contributed by atoms with Gasteiger partial charge in [0.05, 0.1) is 6.61 Å². The van der Waals surface area contributed by atoms with E-state index < -0.39 is 5.91 Å². The summed E-state index contributed by atoms with van der Waals surface area (Å²) in [6.07, 6.45) is 3.03. The maximum Gasteiger partial charge on any atom is 0.259 e. The van der Waals surface area contributed by atoms with Crippen molar-refractivity contribution in [2.75, 3.05) is 13.2 Å². The van der Waals surface area contributed by atoms with E-state index >= 15 is 0 Å². The van der Waals surface area contributed by atoms with Crippen LogP contribution in [0.2, 0.25) is 0 Å². The Balaban J connectivity index is 3.12. The van der Waals surface area contributed by atoms with Gasteiger partial charge in [-0.2, -0.15) is 5.26 Å². The van der Waals surface area contributed by atoms with Crippen molar-refractivity contribution < 1.29 is 14.3 Å². The van der Waals surface area contributed by atoms with Gasteiger partial charge in [0.2, 0.25) is 0 Å². The number of amides is 1. The Morgan fingerprint density at radius 1 is 1.45 bits per heavy atom. The monoisotopic (exact) mass is 272 g/mol. The van der Waals surface area contributed by atoms with Gasteiger partial charge in [-0.25, -0.2) is 0 Å². The van der Waals surface area contributed by atoms with Crippen molar-refractivity contribution in [3.05, 3.63) is 42.0 Å². The van der Waals surface area contributed by atoms with Crippen molar-refractivity contribution in [2.45, 2.75) is 6.92 Å². The first-order valence-electron chi connectivity index (χ1n) is 6.04. The molecule has 0 saturated carbocycles. The van der Waals surface area contributed by atoms with Crippen LogP contribution in [-0.2, 0) is 4.79 Å². The summed E-state index contributed by atoms with van der Waals surface area (Å²) < 4.78 is 10.9. The second-order valence-corrected chi connectivity index (χ2v) is 3.77. The molecule has 1 aromatic carbocycles. The molecule has 0 aromatic heterocycles. The first-order chi connectivity index (χ1) is 9.62. The van der Waals surface area contributed by atoms with Crippen LogP contribution in [0.15, 0.2) is 36.4 Å². The molecule has 0 aliphatic rings. The predicted molar refractivity (Wildman–Crippen MR) is 76.1 cm³/mol. The number of carbonyl (C=O) groups is 1. The van der Waals surface area contributed by atoms with E-state index in [-0.39, 0.29) is 5.57 Å². The quantitative estimate of drug-likeness (QED) is 0.467. The van der Waals surface area contributed by atoms with Gasteiger partial charge in [-0.1, -0.05) is 18.7 Å². The van der Waals surface area contributed by atoms with Crippen LogP contribution in [0.4, 0.5) is 0 Å². The Morgan fingerprint density at radius 3 is 2.75 bits per heavy atom. The third kappa shape index (κ3) is 4.18. The van der Waals surface area contributed by atoms with Crippen molar-refractivity contribution in [3.63, 3.8) is 0 Å². The summed E-state index contributed by atoms with van der Waals surface area (Å²) >= 11 is 0. The van der Waals surface area contributed by atoms with Crippen molar-refractivity contribution in [3.8, 4) is 17.6 Å². The second kappa shape index (κ2) is 7.64. The lowest BCUT2D eigenvalue weighted by molar-refractivity contribution is -0.114. The maximum absolute atomic E-state index is 11.0. The van der Waals surface area contributed by atoms with Gasteiger partial charge in [-0.05, 0) is 30.7 Å². The molecular weight excluding hydrogens is 256 g/mol. The van der Waals surface area contributed by atoms with E-state index in [1.54, 1.807) is 30.3 Å². The molecule has 104 valence electrons. The second-order valence-electron chi connectivity index (χ2n) is 3.77. The highest BCUT2D eigenvalue weighted by Crippen LogP contribution is 2.29. The van der Waals surface area contributed by atoms with Crippen LogP contribution in [0.5, 0.6) is 11.5 Å². The number of carbonyl (C=O) groups excluding carboxylic acids is 1. The van der Waals surface area contributed by atoms with Gasteiger partial charge in [-0.3, -0.25) is 4.79 Å². The number of hydrogen-bond acceptors (Lipinski definition) is 4. The van der Waals surface area contributed by atoms with E-state index in [1.807, 2.05) is 6.92 Å². The van der Waals surface area contributed by atoms with E-state index in [1.165, 1.54) is 6.08 Å². The summed E-state index contributed by atoms with van der Waals surface area (Å²) in [4.78, 5) is 11.0. The van der Waals surface area contributed by atoms with Crippen LogP contribution >= 0.6 is 0 Å². The smallest absolute Gasteiger partial charge is 0.259 e. The van der Waals surface area contributed by atoms with Gasteiger partial charge in [0.1, 0.15) is 18.2 Å². The number of hydrogen-bond donors (Lipinski definition) is 1. The molecule has 0 saturated heterocycles. The van der Waals surface area contributed by atoms with E-state index in [0.29, 0.717) is 30.3 Å². The third-order valence-electron chi connectivity index (χ3n) is 2.32. The molecule has 5 heteroatoms. The summed E-state index contributed by atoms with van der Waals surface area (Å²) in [6, 6.07) is 6.85. The highest BCUT2D eigenvalue weighted by atomic mass is 16.5. The van der Waals surface area contributed by atoms with E-state index in [2.05, 4.69) is 6.58 Å². The highest BCUT2D eigenvalue weighted by molar-refractivity contribution is 6.00. The fourth-order valence-electron chi connectivity index (χ4n) is 1.48. The number of nitrogens with zero attached hydrogens (tertiary/aromatic N) is 1. The van der Waals surface area contributed by atoms with Crippen LogP contribution in [0.25, 0.3) is 6.08 Å². The zero-order chi connectivity index (χ0) is 15.0. The van der Waals surface area contributed by atoms with Crippen molar-refractivity contribution in [1.82, 2.24) is 0 Å². The van der Waals surface area contributed by atoms with Crippen LogP contribution in [-0.4, -0.2) is 19.1 Å². The molecule has 20 heavy (non-hydrogen) atoms. The maximum atomic E-state index is 11.0. The molecule has 0 fully saturated rings. The molecule has 2 N–H and O–H groups in total. The summed E-state index contributed by atoms with van der Waals surface area (Å²) in [5.74, 6) is 0.337. The minimum atomic E-state index is -0.766. The van der Waals surface area contributed by atoms with Crippen LogP contribution < -0.4 is 15.2 Å². The zero-order valence-corrected chi connectivity index (χ0v) is 11.3. The summed E-state index contributed by atoms with van der Waals surface area (Å²) in [5.41, 5.74) is 5.61. The van der Waals surface area contributed by atoms with Crippen LogP contribution in [0, 0.1) is 11.3 Å². The van der Waals surface area contributed by atoms with Gasteiger partial charge in [0, 0.05) is 0 Å². The molecule has 0 heterocycles. The lowest BCUT2D eigenvalue weighted by Crippen LogP contribution is -2.12. The molecule has 0 atom stereocenters. The number of benzene rings is 1. The molecule has 0 spiro atoms. The molecule has 0 unspecified atom stereocenters. The average molecular weight is 272 g/mol. The van der Waals surface area contributed by atoms with Crippen molar-refractivity contribution in [1.29, 1.82) is 5.26 Å². The van der Waals surface area contributed by atoms with Gasteiger partial charge >= 0.3 is 0 Å². The van der Waals surface area contributed by atoms with E-state index in [4.69, 9.17) is 20.5 Å². The average Bonchev–Trinajstić information content (AvgIpc) is 2.43. The molecule has 0 aliphatic carbocycles. The summed E-state index contributed by atoms with van der Waals surface area (Å²) in [6.45, 7) is 6.26. The van der Waals surface area contributed by atoms with Crippen LogP contribution in [0.1, 0.15) is 12.5 Å². The Bertz CT molecular complexity index is 571. The largest absolute Gasteiger partial charge is 0.490 e. The van der Waals surface area contributed by atoms with Crippen molar-refractivity contribution >= 4 is 12.0 Å². The molecule has 1 amide bonds. The molecule has 1 rings (SSSR count). The third-order valence-corrected chi connectivity index (χ3v) is 2.32. The number of nitriles is 1. The standard InChI is InChI=1S/C15H16N2O3/c1-3-7-20-13-6-5-11(9-14(13)19-4-2)8-12(10-16)15(17)18/h3,5-6,8-9H,1,4,7H2,2H3,(H2,17,18)/b12-8+. The normalized spacial score (nSPS) is 10.5. The predicted octanol–water partition coefficient (Wildman–Crippen LogP) is 2.04. The van der Waals surface area contributed by atoms with Gasteiger partial charge in [-0.15, -0.1) is 0 Å². The fraction of sp³-hybridized carbons (Fsp3) is 0.200. The Hall–Kier alpha value is -2.74. The lowest BCUT2D eigenvalue weighted by atomic mass is 10.1. The van der Waals surface area contributed by atoms with E-state index in [9.17, 15) is 4.79 Å². The van der Waals surface area contributed by atoms with Gasteiger partial charge < -0.3 is 15.2 Å². The Kier molecular flexibility index (Phi) is 5.85. The zero-order valence-electron chi connectivity index (χ0n) is 11.3. The number of ether oxygens (including phenoxy) is 2. The molecule has 1 aromatic rings. The Labute approximate surface area is 117 Å². The summed E-state index contributed by atoms with van der Waals surface area (Å²) in [5, 5.41) is 8.82. The SMILES string of the molecule is C=CCOc1ccc(/C=C(\C#N)C(N)=O)cc1OCC. The molecule has 0 radical (unpaired) electrons. The minimum Gasteiger partial charge on any atom is -0.490 e. The van der Waals surface area contributed by atoms with Gasteiger partial charge in [0.15, 0.2) is 11.5 Å². The Morgan fingerprint density at radius 2 is 2.20 bits per heavy atom. The topological polar surface area (TPSA) is 85.3 Å². The first kappa shape index (κ1) is 15.3. The van der Waals surface area contributed by atoms with Crippen LogP contribution in [0.3, 0.4) is 0 Å². The molecule has 5 nitrogen and oxygen atoms in total. The summed E-state index contributed by atoms with van der Waals surface area (Å²) in [7, 11) is 0. The first-order valence-corrected chi connectivity index (χ1v) is 6.04. The molecule has 0 bridgehead atoms.